The fraction of sp³-hybridized carbons (Fsp3) is 0.300. The Morgan fingerprint density at radius 1 is 0.880 bits per heavy atom. The van der Waals surface area contributed by atoms with Gasteiger partial charge in [0.05, 0.1) is 20.3 Å². The maximum atomic E-state index is 5.72. The Bertz CT molecular complexity index is 668. The van der Waals surface area contributed by atoms with Gasteiger partial charge in [0.15, 0.2) is 11.5 Å². The predicted octanol–water partition coefficient (Wildman–Crippen LogP) is 4.81. The number of halogens is 1. The summed E-state index contributed by atoms with van der Waals surface area (Å²) in [6.07, 6.45) is 4.00. The Balaban J connectivity index is 1.65. The van der Waals surface area contributed by atoms with E-state index in [2.05, 4.69) is 22.6 Å². The summed E-state index contributed by atoms with van der Waals surface area (Å²) in [6.45, 7) is 3.98. The van der Waals surface area contributed by atoms with Crippen molar-refractivity contribution in [2.45, 2.75) is 6.92 Å². The highest BCUT2D eigenvalue weighted by Crippen LogP contribution is 2.28. The van der Waals surface area contributed by atoms with E-state index in [4.69, 9.17) is 18.9 Å². The molecule has 2 aromatic rings. The summed E-state index contributed by atoms with van der Waals surface area (Å²) in [5.41, 5.74) is 1.08. The van der Waals surface area contributed by atoms with Gasteiger partial charge in [-0.2, -0.15) is 0 Å². The second-order valence-corrected chi connectivity index (χ2v) is 6.42. The summed E-state index contributed by atoms with van der Waals surface area (Å²) in [5, 5.41) is 0. The second-order valence-electron chi connectivity index (χ2n) is 5.17. The van der Waals surface area contributed by atoms with Crippen molar-refractivity contribution in [2.24, 2.45) is 0 Å². The van der Waals surface area contributed by atoms with Crippen LogP contribution in [0.15, 0.2) is 48.5 Å². The normalized spacial score (nSPS) is 10.8. The minimum absolute atomic E-state index is 0.461. The third-order valence-electron chi connectivity index (χ3n) is 3.34. The van der Waals surface area contributed by atoms with Gasteiger partial charge in [0.25, 0.3) is 0 Å². The van der Waals surface area contributed by atoms with Crippen LogP contribution in [-0.2, 0) is 4.74 Å². The molecule has 0 aliphatic rings. The Morgan fingerprint density at radius 2 is 1.60 bits per heavy atom. The minimum Gasteiger partial charge on any atom is -0.493 e. The largest absolute Gasteiger partial charge is 0.493 e. The molecule has 0 unspecified atom stereocenters. The smallest absolute Gasteiger partial charge is 0.161 e. The van der Waals surface area contributed by atoms with Crippen molar-refractivity contribution >= 4 is 28.7 Å². The predicted molar refractivity (Wildman–Crippen MR) is 109 cm³/mol. The number of allylic oxidation sites excluding steroid dienone is 1. The van der Waals surface area contributed by atoms with E-state index in [1.165, 1.54) is 3.57 Å². The molecule has 0 aliphatic heterocycles. The summed E-state index contributed by atoms with van der Waals surface area (Å²) in [4.78, 5) is 0. The summed E-state index contributed by atoms with van der Waals surface area (Å²) in [7, 11) is 1.64. The molecule has 0 fully saturated rings. The highest BCUT2D eigenvalue weighted by Gasteiger charge is 2.04. The van der Waals surface area contributed by atoms with Crippen LogP contribution in [0.5, 0.6) is 17.2 Å². The van der Waals surface area contributed by atoms with E-state index in [9.17, 15) is 0 Å². The topological polar surface area (TPSA) is 36.9 Å². The molecule has 5 heteroatoms. The molecule has 0 atom stereocenters. The van der Waals surface area contributed by atoms with Crippen molar-refractivity contribution in [3.8, 4) is 17.2 Å². The lowest BCUT2D eigenvalue weighted by atomic mass is 10.2. The third-order valence-corrected chi connectivity index (χ3v) is 4.06. The molecule has 0 bridgehead atoms. The molecule has 0 spiro atoms. The Labute approximate surface area is 162 Å². The van der Waals surface area contributed by atoms with Crippen LogP contribution in [0.4, 0.5) is 0 Å². The van der Waals surface area contributed by atoms with Gasteiger partial charge in [-0.1, -0.05) is 18.2 Å². The first-order valence-corrected chi connectivity index (χ1v) is 9.20. The number of benzene rings is 2. The first-order valence-electron chi connectivity index (χ1n) is 8.12. The van der Waals surface area contributed by atoms with Crippen LogP contribution < -0.4 is 14.2 Å². The third kappa shape index (κ3) is 6.96. The Morgan fingerprint density at radius 3 is 2.28 bits per heavy atom. The van der Waals surface area contributed by atoms with E-state index in [1.807, 2.05) is 61.5 Å². The van der Waals surface area contributed by atoms with Crippen LogP contribution in [0.3, 0.4) is 0 Å². The monoisotopic (exact) mass is 454 g/mol. The van der Waals surface area contributed by atoms with Crippen LogP contribution >= 0.6 is 22.6 Å². The van der Waals surface area contributed by atoms with E-state index < -0.39 is 0 Å². The SMILES string of the molecule is C/C=C/c1ccc(OCCOCCOc2ccc(I)cc2)c(OC)c1. The molecule has 0 heterocycles. The van der Waals surface area contributed by atoms with Gasteiger partial charge in [0, 0.05) is 3.57 Å². The quantitative estimate of drug-likeness (QED) is 0.382. The summed E-state index contributed by atoms with van der Waals surface area (Å²) < 4.78 is 23.4. The van der Waals surface area contributed by atoms with E-state index in [0.29, 0.717) is 26.4 Å². The van der Waals surface area contributed by atoms with Gasteiger partial charge in [0.1, 0.15) is 19.0 Å². The first kappa shape index (κ1) is 19.6. The first-order chi connectivity index (χ1) is 12.2. The van der Waals surface area contributed by atoms with Gasteiger partial charge in [-0.3, -0.25) is 0 Å². The van der Waals surface area contributed by atoms with Crippen molar-refractivity contribution < 1.29 is 18.9 Å². The van der Waals surface area contributed by atoms with Gasteiger partial charge < -0.3 is 18.9 Å². The van der Waals surface area contributed by atoms with Crippen molar-refractivity contribution in [2.75, 3.05) is 33.5 Å². The fourth-order valence-corrected chi connectivity index (χ4v) is 2.52. The lowest BCUT2D eigenvalue weighted by Crippen LogP contribution is -2.12. The molecule has 0 aromatic heterocycles. The number of hydrogen-bond donors (Lipinski definition) is 0. The molecule has 0 saturated carbocycles. The van der Waals surface area contributed by atoms with Crippen molar-refractivity contribution in [1.82, 2.24) is 0 Å². The molecular formula is C20H23IO4. The van der Waals surface area contributed by atoms with Crippen LogP contribution in [0.2, 0.25) is 0 Å². The molecule has 0 radical (unpaired) electrons. The fourth-order valence-electron chi connectivity index (χ4n) is 2.16. The van der Waals surface area contributed by atoms with Crippen LogP contribution in [0.1, 0.15) is 12.5 Å². The molecule has 2 aromatic carbocycles. The summed E-state index contributed by atoms with van der Waals surface area (Å²) in [5.74, 6) is 2.29. The molecule has 0 amide bonds. The highest BCUT2D eigenvalue weighted by atomic mass is 127. The number of methoxy groups -OCH3 is 1. The van der Waals surface area contributed by atoms with Crippen molar-refractivity contribution in [3.63, 3.8) is 0 Å². The molecular weight excluding hydrogens is 431 g/mol. The summed E-state index contributed by atoms with van der Waals surface area (Å²) >= 11 is 2.27. The minimum atomic E-state index is 0.461. The average Bonchev–Trinajstić information content (AvgIpc) is 2.63. The van der Waals surface area contributed by atoms with Gasteiger partial charge in [0.2, 0.25) is 0 Å². The molecule has 0 N–H and O–H groups in total. The van der Waals surface area contributed by atoms with E-state index in [-0.39, 0.29) is 0 Å². The lowest BCUT2D eigenvalue weighted by Gasteiger charge is -2.12. The van der Waals surface area contributed by atoms with Gasteiger partial charge in [-0.15, -0.1) is 0 Å². The standard InChI is InChI=1S/C20H23IO4/c1-3-4-16-5-10-19(20(15-16)22-2)25-14-12-23-11-13-24-18-8-6-17(21)7-9-18/h3-10,15H,11-14H2,1-2H3/b4-3+. The molecule has 0 aliphatic carbocycles. The number of hydrogen-bond acceptors (Lipinski definition) is 4. The molecule has 134 valence electrons. The average molecular weight is 454 g/mol. The van der Waals surface area contributed by atoms with E-state index in [1.54, 1.807) is 7.11 Å². The van der Waals surface area contributed by atoms with Gasteiger partial charge in [-0.05, 0) is 71.5 Å². The molecule has 4 nitrogen and oxygen atoms in total. The van der Waals surface area contributed by atoms with E-state index in [0.717, 1.165) is 22.8 Å². The van der Waals surface area contributed by atoms with Crippen LogP contribution in [-0.4, -0.2) is 33.5 Å². The maximum absolute atomic E-state index is 5.72. The van der Waals surface area contributed by atoms with E-state index >= 15 is 0 Å². The maximum Gasteiger partial charge on any atom is 0.161 e. The van der Waals surface area contributed by atoms with Crippen molar-refractivity contribution in [1.29, 1.82) is 0 Å². The Hall–Kier alpha value is -1.73. The Kier molecular flexibility index (Phi) is 8.62. The number of rotatable bonds is 10. The zero-order chi connectivity index (χ0) is 17.9. The molecule has 2 rings (SSSR count). The lowest BCUT2D eigenvalue weighted by molar-refractivity contribution is 0.0757. The summed E-state index contributed by atoms with van der Waals surface area (Å²) in [6, 6.07) is 13.8. The van der Waals surface area contributed by atoms with Crippen molar-refractivity contribution in [3.05, 3.63) is 57.7 Å². The van der Waals surface area contributed by atoms with Gasteiger partial charge in [-0.25, -0.2) is 0 Å². The van der Waals surface area contributed by atoms with Crippen LogP contribution in [0.25, 0.3) is 6.08 Å². The second kappa shape index (κ2) is 11.0. The van der Waals surface area contributed by atoms with Crippen LogP contribution in [0, 0.1) is 3.57 Å². The molecule has 25 heavy (non-hydrogen) atoms. The highest BCUT2D eigenvalue weighted by molar-refractivity contribution is 14.1. The molecule has 0 saturated heterocycles. The number of ether oxygens (including phenoxy) is 4. The van der Waals surface area contributed by atoms with Gasteiger partial charge >= 0.3 is 0 Å². The zero-order valence-electron chi connectivity index (χ0n) is 14.5. The zero-order valence-corrected chi connectivity index (χ0v) is 16.7.